The van der Waals surface area contributed by atoms with Gasteiger partial charge in [0.2, 0.25) is 5.91 Å². The number of rotatable bonds is 5. The van der Waals surface area contributed by atoms with Crippen molar-refractivity contribution in [2.45, 2.75) is 26.7 Å². The number of amides is 1. The van der Waals surface area contributed by atoms with Crippen LogP contribution in [0.25, 0.3) is 0 Å². The van der Waals surface area contributed by atoms with E-state index in [0.717, 1.165) is 18.4 Å². The van der Waals surface area contributed by atoms with Gasteiger partial charge in [0.25, 0.3) is 0 Å². The van der Waals surface area contributed by atoms with Gasteiger partial charge < -0.3 is 5.32 Å². The highest BCUT2D eigenvalue weighted by Gasteiger charge is 2.08. The quantitative estimate of drug-likeness (QED) is 0.816. The Kier molecular flexibility index (Phi) is 4.96. The molecular weight excluding hydrogens is 205 g/mol. The number of carbonyl (C=O) groups is 1. The number of benzene rings is 1. The predicted molar refractivity (Wildman–Crippen MR) is 62.6 cm³/mol. The maximum absolute atomic E-state index is 12.6. The smallest absolute Gasteiger partial charge is 0.222 e. The van der Waals surface area contributed by atoms with Gasteiger partial charge in [0.05, 0.1) is 0 Å². The normalized spacial score (nSPS) is 12.2. The first kappa shape index (κ1) is 12.7. The predicted octanol–water partition coefficient (Wildman–Crippen LogP) is 2.53. The first-order chi connectivity index (χ1) is 7.63. The fraction of sp³-hybridized carbons (Fsp3) is 0.462. The zero-order chi connectivity index (χ0) is 12.0. The average molecular weight is 223 g/mol. The molecule has 0 radical (unpaired) electrons. The summed E-state index contributed by atoms with van der Waals surface area (Å²) >= 11 is 0. The molecule has 0 aliphatic heterocycles. The molecule has 0 unspecified atom stereocenters. The Hall–Kier alpha value is -1.38. The zero-order valence-electron chi connectivity index (χ0n) is 9.79. The van der Waals surface area contributed by atoms with Crippen molar-refractivity contribution in [2.75, 3.05) is 6.54 Å². The maximum Gasteiger partial charge on any atom is 0.222 e. The minimum Gasteiger partial charge on any atom is -0.356 e. The lowest BCUT2D eigenvalue weighted by molar-refractivity contribution is -0.124. The fourth-order valence-electron chi connectivity index (χ4n) is 1.34. The molecule has 0 aliphatic carbocycles. The van der Waals surface area contributed by atoms with Gasteiger partial charge in [0, 0.05) is 12.5 Å². The van der Waals surface area contributed by atoms with E-state index in [0.29, 0.717) is 6.54 Å². The summed E-state index contributed by atoms with van der Waals surface area (Å²) < 4.78 is 12.6. The van der Waals surface area contributed by atoms with E-state index in [-0.39, 0.29) is 17.6 Å². The van der Waals surface area contributed by atoms with Crippen molar-refractivity contribution in [3.05, 3.63) is 35.6 Å². The Morgan fingerprint density at radius 2 is 2.00 bits per heavy atom. The molecule has 3 heteroatoms. The van der Waals surface area contributed by atoms with E-state index in [1.54, 1.807) is 12.1 Å². The molecule has 0 saturated carbocycles. The van der Waals surface area contributed by atoms with Crippen LogP contribution < -0.4 is 5.32 Å². The molecule has 0 bridgehead atoms. The summed E-state index contributed by atoms with van der Waals surface area (Å²) in [5, 5.41) is 2.86. The van der Waals surface area contributed by atoms with Crippen molar-refractivity contribution in [2.24, 2.45) is 5.92 Å². The van der Waals surface area contributed by atoms with Gasteiger partial charge in [-0.05, 0) is 30.5 Å². The molecule has 0 spiro atoms. The number of carbonyl (C=O) groups excluding carboxylic acids is 1. The summed E-state index contributed by atoms with van der Waals surface area (Å²) in [5.74, 6) is -0.0785. The highest BCUT2D eigenvalue weighted by atomic mass is 19.1. The summed E-state index contributed by atoms with van der Waals surface area (Å²) in [6.45, 7) is 4.51. The monoisotopic (exact) mass is 223 g/mol. The summed E-state index contributed by atoms with van der Waals surface area (Å²) in [6, 6.07) is 6.35. The highest BCUT2D eigenvalue weighted by Crippen LogP contribution is 2.03. The van der Waals surface area contributed by atoms with Crippen LogP contribution in [0.3, 0.4) is 0 Å². The van der Waals surface area contributed by atoms with Crippen LogP contribution in [-0.4, -0.2) is 12.5 Å². The molecule has 1 N–H and O–H groups in total. The van der Waals surface area contributed by atoms with Gasteiger partial charge in [-0.1, -0.05) is 26.0 Å². The second-order valence-corrected chi connectivity index (χ2v) is 3.98. The van der Waals surface area contributed by atoms with Gasteiger partial charge in [-0.2, -0.15) is 0 Å². The standard InChI is InChI=1S/C13H18FNO/c1-3-10(2)13(16)15-9-8-11-4-6-12(14)7-5-11/h4-7,10H,3,8-9H2,1-2H3,(H,15,16)/t10-/m0/s1. The van der Waals surface area contributed by atoms with E-state index in [1.165, 1.54) is 12.1 Å². The van der Waals surface area contributed by atoms with Crippen LogP contribution in [0.1, 0.15) is 25.8 Å². The summed E-state index contributed by atoms with van der Waals surface area (Å²) in [6.07, 6.45) is 1.59. The SMILES string of the molecule is CC[C@H](C)C(=O)NCCc1ccc(F)cc1. The molecule has 0 fully saturated rings. The summed E-state index contributed by atoms with van der Waals surface area (Å²) in [5.41, 5.74) is 1.03. The Labute approximate surface area is 95.9 Å². The number of halogens is 1. The summed E-state index contributed by atoms with van der Waals surface area (Å²) in [4.78, 5) is 11.4. The van der Waals surface area contributed by atoms with Crippen molar-refractivity contribution < 1.29 is 9.18 Å². The lowest BCUT2D eigenvalue weighted by Crippen LogP contribution is -2.30. The third kappa shape index (κ3) is 4.01. The number of hydrogen-bond acceptors (Lipinski definition) is 1. The van der Waals surface area contributed by atoms with Gasteiger partial charge in [0.1, 0.15) is 5.82 Å². The molecule has 1 amide bonds. The third-order valence-electron chi connectivity index (χ3n) is 2.69. The average Bonchev–Trinajstić information content (AvgIpc) is 2.30. The van der Waals surface area contributed by atoms with E-state index in [1.807, 2.05) is 13.8 Å². The first-order valence-corrected chi connectivity index (χ1v) is 5.65. The fourth-order valence-corrected chi connectivity index (χ4v) is 1.34. The summed E-state index contributed by atoms with van der Waals surface area (Å²) in [7, 11) is 0. The van der Waals surface area contributed by atoms with Crippen LogP contribution >= 0.6 is 0 Å². The van der Waals surface area contributed by atoms with Gasteiger partial charge in [0.15, 0.2) is 0 Å². The topological polar surface area (TPSA) is 29.1 Å². The van der Waals surface area contributed by atoms with Crippen LogP contribution in [0, 0.1) is 11.7 Å². The van der Waals surface area contributed by atoms with Crippen LogP contribution in [0.15, 0.2) is 24.3 Å². The van der Waals surface area contributed by atoms with E-state index < -0.39 is 0 Å². The Bertz CT molecular complexity index is 334. The van der Waals surface area contributed by atoms with E-state index in [9.17, 15) is 9.18 Å². The molecule has 1 aromatic rings. The molecule has 16 heavy (non-hydrogen) atoms. The van der Waals surface area contributed by atoms with Crippen molar-refractivity contribution in [1.29, 1.82) is 0 Å². The third-order valence-corrected chi connectivity index (χ3v) is 2.69. The van der Waals surface area contributed by atoms with Gasteiger partial charge in [-0.3, -0.25) is 4.79 Å². The van der Waals surface area contributed by atoms with Gasteiger partial charge in [-0.25, -0.2) is 4.39 Å². The Balaban J connectivity index is 2.30. The second-order valence-electron chi connectivity index (χ2n) is 3.98. The lowest BCUT2D eigenvalue weighted by atomic mass is 10.1. The van der Waals surface area contributed by atoms with Crippen LogP contribution in [-0.2, 0) is 11.2 Å². The van der Waals surface area contributed by atoms with Crippen molar-refractivity contribution >= 4 is 5.91 Å². The number of hydrogen-bond donors (Lipinski definition) is 1. The molecule has 0 saturated heterocycles. The first-order valence-electron chi connectivity index (χ1n) is 5.65. The Morgan fingerprint density at radius 3 is 2.56 bits per heavy atom. The van der Waals surface area contributed by atoms with Crippen molar-refractivity contribution in [3.63, 3.8) is 0 Å². The molecular formula is C13H18FNO. The molecule has 0 aliphatic rings. The molecule has 1 rings (SSSR count). The number of nitrogens with one attached hydrogen (secondary N) is 1. The minimum atomic E-state index is -0.229. The van der Waals surface area contributed by atoms with Crippen LogP contribution in [0.5, 0.6) is 0 Å². The molecule has 1 aromatic carbocycles. The Morgan fingerprint density at radius 1 is 1.38 bits per heavy atom. The van der Waals surface area contributed by atoms with Gasteiger partial charge in [-0.15, -0.1) is 0 Å². The lowest BCUT2D eigenvalue weighted by Gasteiger charge is -2.09. The zero-order valence-corrected chi connectivity index (χ0v) is 9.79. The minimum absolute atomic E-state index is 0.0632. The van der Waals surface area contributed by atoms with Gasteiger partial charge >= 0.3 is 0 Å². The van der Waals surface area contributed by atoms with Crippen molar-refractivity contribution in [1.82, 2.24) is 5.32 Å². The molecule has 0 heterocycles. The molecule has 0 aromatic heterocycles. The van der Waals surface area contributed by atoms with Crippen molar-refractivity contribution in [3.8, 4) is 0 Å². The maximum atomic E-state index is 12.6. The van der Waals surface area contributed by atoms with E-state index >= 15 is 0 Å². The van der Waals surface area contributed by atoms with E-state index in [2.05, 4.69) is 5.32 Å². The molecule has 1 atom stereocenters. The largest absolute Gasteiger partial charge is 0.356 e. The van der Waals surface area contributed by atoms with Crippen LogP contribution in [0.4, 0.5) is 4.39 Å². The van der Waals surface area contributed by atoms with E-state index in [4.69, 9.17) is 0 Å². The highest BCUT2D eigenvalue weighted by molar-refractivity contribution is 5.78. The molecule has 2 nitrogen and oxygen atoms in total. The van der Waals surface area contributed by atoms with Crippen LogP contribution in [0.2, 0.25) is 0 Å². The second kappa shape index (κ2) is 6.26. The molecule has 88 valence electrons.